The van der Waals surface area contributed by atoms with Crippen molar-refractivity contribution < 1.29 is 4.74 Å². The quantitative estimate of drug-likeness (QED) is 0.612. The first-order valence-electron chi connectivity index (χ1n) is 5.14. The van der Waals surface area contributed by atoms with Gasteiger partial charge in [0.15, 0.2) is 0 Å². The van der Waals surface area contributed by atoms with Gasteiger partial charge in [-0.25, -0.2) is 4.68 Å². The molecule has 2 rings (SSSR count). The van der Waals surface area contributed by atoms with Crippen LogP contribution in [0.25, 0.3) is 0 Å². The fourth-order valence-corrected chi connectivity index (χ4v) is 2.40. The molecule has 90 valence electrons. The number of nitrogens with zero attached hydrogens (tertiary/aromatic N) is 2. The predicted molar refractivity (Wildman–Crippen MR) is 76.7 cm³/mol. The van der Waals surface area contributed by atoms with E-state index in [0.717, 1.165) is 20.6 Å². The fourth-order valence-electron chi connectivity index (χ4n) is 1.59. The molecular weight excluding hydrogens is 351 g/mol. The van der Waals surface area contributed by atoms with Crippen molar-refractivity contribution in [3.63, 3.8) is 0 Å². The molecule has 0 saturated heterocycles. The highest BCUT2D eigenvalue weighted by Crippen LogP contribution is 2.30. The zero-order valence-corrected chi connectivity index (χ0v) is 12.5. The van der Waals surface area contributed by atoms with Gasteiger partial charge in [-0.3, -0.25) is 0 Å². The van der Waals surface area contributed by atoms with Crippen LogP contribution in [0.5, 0.6) is 11.6 Å². The largest absolute Gasteiger partial charge is 0.438 e. The van der Waals surface area contributed by atoms with Gasteiger partial charge in [-0.15, -0.1) is 11.6 Å². The zero-order chi connectivity index (χ0) is 12.4. The number of rotatable bonds is 3. The van der Waals surface area contributed by atoms with E-state index < -0.39 is 0 Å². The summed E-state index contributed by atoms with van der Waals surface area (Å²) >= 11 is 8.16. The lowest BCUT2D eigenvalue weighted by molar-refractivity contribution is 0.425. The van der Waals surface area contributed by atoms with Crippen LogP contribution in [0.1, 0.15) is 11.3 Å². The van der Waals surface area contributed by atoms with Crippen LogP contribution in [0.3, 0.4) is 0 Å². The average Bonchev–Trinajstić information content (AvgIpc) is 2.56. The summed E-state index contributed by atoms with van der Waals surface area (Å²) in [6.07, 6.45) is 0. The van der Waals surface area contributed by atoms with E-state index in [1.165, 1.54) is 0 Å². The molecule has 0 aliphatic heterocycles. The Bertz CT molecular complexity index is 539. The molecule has 5 heteroatoms. The summed E-state index contributed by atoms with van der Waals surface area (Å²) in [7, 11) is 1.86. The molecule has 0 spiro atoms. The summed E-state index contributed by atoms with van der Waals surface area (Å²) in [5.74, 6) is 1.93. The topological polar surface area (TPSA) is 27.1 Å². The summed E-state index contributed by atoms with van der Waals surface area (Å²) in [6.45, 7) is 1.93. The van der Waals surface area contributed by atoms with Crippen LogP contribution >= 0.6 is 34.2 Å². The number of aromatic nitrogens is 2. The Kier molecular flexibility index (Phi) is 3.93. The molecule has 0 bridgehead atoms. The number of alkyl halides is 1. The second kappa shape index (κ2) is 5.27. The molecule has 0 N–H and O–H groups in total. The Labute approximate surface area is 119 Å². The Hall–Kier alpha value is -0.750. The standard InChI is InChI=1S/C12H12ClIN2O/c1-8-9(7-13)12(16(2)15-8)17-11-6-4-3-5-10(11)14/h3-6H,7H2,1-2H3. The van der Waals surface area contributed by atoms with Gasteiger partial charge in [0.05, 0.1) is 20.7 Å². The molecule has 0 aliphatic rings. The van der Waals surface area contributed by atoms with E-state index in [-0.39, 0.29) is 0 Å². The number of hydrogen-bond donors (Lipinski definition) is 0. The van der Waals surface area contributed by atoms with E-state index in [9.17, 15) is 0 Å². The molecule has 0 aliphatic carbocycles. The molecule has 1 aromatic heterocycles. The van der Waals surface area contributed by atoms with Gasteiger partial charge in [0.1, 0.15) is 5.75 Å². The van der Waals surface area contributed by atoms with Gasteiger partial charge >= 0.3 is 0 Å². The molecule has 1 heterocycles. The lowest BCUT2D eigenvalue weighted by atomic mass is 10.3. The highest BCUT2D eigenvalue weighted by atomic mass is 127. The first-order chi connectivity index (χ1) is 8.13. The van der Waals surface area contributed by atoms with Crippen molar-refractivity contribution in [1.29, 1.82) is 0 Å². The van der Waals surface area contributed by atoms with Crippen molar-refractivity contribution in [2.75, 3.05) is 0 Å². The van der Waals surface area contributed by atoms with Crippen LogP contribution in [-0.4, -0.2) is 9.78 Å². The van der Waals surface area contributed by atoms with Crippen molar-refractivity contribution in [1.82, 2.24) is 9.78 Å². The molecule has 2 aromatic rings. The monoisotopic (exact) mass is 362 g/mol. The number of para-hydroxylation sites is 1. The first-order valence-corrected chi connectivity index (χ1v) is 6.75. The van der Waals surface area contributed by atoms with E-state index >= 15 is 0 Å². The Balaban J connectivity index is 2.40. The molecule has 0 saturated carbocycles. The number of halogens is 2. The maximum Gasteiger partial charge on any atom is 0.222 e. The van der Waals surface area contributed by atoms with Gasteiger partial charge in [0.2, 0.25) is 5.88 Å². The van der Waals surface area contributed by atoms with Crippen molar-refractivity contribution >= 4 is 34.2 Å². The molecular formula is C12H12ClIN2O. The van der Waals surface area contributed by atoms with Crippen molar-refractivity contribution in [3.05, 3.63) is 39.1 Å². The minimum atomic E-state index is 0.401. The Morgan fingerprint density at radius 1 is 1.41 bits per heavy atom. The smallest absolute Gasteiger partial charge is 0.222 e. The molecule has 0 atom stereocenters. The number of hydrogen-bond acceptors (Lipinski definition) is 2. The van der Waals surface area contributed by atoms with Crippen LogP contribution in [0.15, 0.2) is 24.3 Å². The van der Waals surface area contributed by atoms with E-state index in [4.69, 9.17) is 16.3 Å². The minimum absolute atomic E-state index is 0.401. The summed E-state index contributed by atoms with van der Waals surface area (Å²) in [5.41, 5.74) is 1.84. The highest BCUT2D eigenvalue weighted by molar-refractivity contribution is 14.1. The van der Waals surface area contributed by atoms with Crippen LogP contribution in [0.2, 0.25) is 0 Å². The van der Waals surface area contributed by atoms with Crippen LogP contribution in [0.4, 0.5) is 0 Å². The SMILES string of the molecule is Cc1nn(C)c(Oc2ccccc2I)c1CCl. The summed E-state index contributed by atoms with van der Waals surface area (Å²) in [5, 5.41) is 4.31. The van der Waals surface area contributed by atoms with Crippen LogP contribution in [-0.2, 0) is 12.9 Å². The van der Waals surface area contributed by atoms with Gasteiger partial charge in [-0.1, -0.05) is 12.1 Å². The van der Waals surface area contributed by atoms with Gasteiger partial charge in [0.25, 0.3) is 0 Å². The minimum Gasteiger partial charge on any atom is -0.438 e. The van der Waals surface area contributed by atoms with Gasteiger partial charge < -0.3 is 4.74 Å². The summed E-state index contributed by atoms with van der Waals surface area (Å²) in [6, 6.07) is 7.86. The lowest BCUT2D eigenvalue weighted by Gasteiger charge is -2.08. The molecule has 3 nitrogen and oxygen atoms in total. The second-order valence-corrected chi connectivity index (χ2v) is 5.09. The van der Waals surface area contributed by atoms with Crippen molar-refractivity contribution in [2.45, 2.75) is 12.8 Å². The van der Waals surface area contributed by atoms with Crippen molar-refractivity contribution in [2.24, 2.45) is 7.05 Å². The third-order valence-electron chi connectivity index (χ3n) is 2.47. The van der Waals surface area contributed by atoms with Gasteiger partial charge in [-0.2, -0.15) is 5.10 Å². The maximum atomic E-state index is 5.92. The normalized spacial score (nSPS) is 10.6. The molecule has 0 fully saturated rings. The predicted octanol–water partition coefficient (Wildman–Crippen LogP) is 3.86. The van der Waals surface area contributed by atoms with Gasteiger partial charge in [-0.05, 0) is 41.6 Å². The average molecular weight is 363 g/mol. The van der Waals surface area contributed by atoms with E-state index in [1.807, 2.05) is 38.2 Å². The summed E-state index contributed by atoms with van der Waals surface area (Å²) < 4.78 is 8.67. The maximum absolute atomic E-state index is 5.92. The Morgan fingerprint density at radius 2 is 2.12 bits per heavy atom. The summed E-state index contributed by atoms with van der Waals surface area (Å²) in [4.78, 5) is 0. The molecule has 0 radical (unpaired) electrons. The van der Waals surface area contributed by atoms with Crippen LogP contribution in [0, 0.1) is 10.5 Å². The second-order valence-electron chi connectivity index (χ2n) is 3.66. The van der Waals surface area contributed by atoms with E-state index in [0.29, 0.717) is 11.8 Å². The molecule has 0 amide bonds. The third kappa shape index (κ3) is 2.57. The van der Waals surface area contributed by atoms with E-state index in [1.54, 1.807) is 4.68 Å². The Morgan fingerprint density at radius 3 is 2.76 bits per heavy atom. The number of ether oxygens (including phenoxy) is 1. The fraction of sp³-hybridized carbons (Fsp3) is 0.250. The van der Waals surface area contributed by atoms with Gasteiger partial charge in [0, 0.05) is 7.05 Å². The van der Waals surface area contributed by atoms with E-state index in [2.05, 4.69) is 27.7 Å². The highest BCUT2D eigenvalue weighted by Gasteiger charge is 2.15. The lowest BCUT2D eigenvalue weighted by Crippen LogP contribution is -1.97. The number of aryl methyl sites for hydroxylation is 2. The zero-order valence-electron chi connectivity index (χ0n) is 9.58. The first kappa shape index (κ1) is 12.7. The van der Waals surface area contributed by atoms with Crippen molar-refractivity contribution in [3.8, 4) is 11.6 Å². The molecule has 0 unspecified atom stereocenters. The third-order valence-corrected chi connectivity index (χ3v) is 3.62. The molecule has 1 aromatic carbocycles. The molecule has 17 heavy (non-hydrogen) atoms. The number of benzene rings is 1. The van der Waals surface area contributed by atoms with Crippen LogP contribution < -0.4 is 4.74 Å².